The van der Waals surface area contributed by atoms with Crippen molar-refractivity contribution in [2.24, 2.45) is 5.92 Å². The minimum absolute atomic E-state index is 0.0645. The van der Waals surface area contributed by atoms with E-state index in [1.165, 1.54) is 37.8 Å². The highest BCUT2D eigenvalue weighted by molar-refractivity contribution is 5.71. The highest BCUT2D eigenvalue weighted by Crippen LogP contribution is 2.44. The Balaban J connectivity index is 1.59. The lowest BCUT2D eigenvalue weighted by atomic mass is 9.76. The van der Waals surface area contributed by atoms with Gasteiger partial charge in [0.05, 0.1) is 0 Å². The minimum atomic E-state index is -3.15. The van der Waals surface area contributed by atoms with Crippen molar-refractivity contribution in [3.8, 4) is 28.4 Å². The predicted octanol–water partition coefficient (Wildman–Crippen LogP) is 10.3. The SMILES string of the molecule is CCCCCC1CCC(c2c(F)cc(C)c(Oc3ccccc3-c3ccc(OC(F)F)c(F)c3)c2F)CC1. The van der Waals surface area contributed by atoms with E-state index in [-0.39, 0.29) is 23.0 Å². The second-order valence-corrected chi connectivity index (χ2v) is 10.1. The fourth-order valence-corrected chi connectivity index (χ4v) is 5.42. The predicted molar refractivity (Wildman–Crippen MR) is 138 cm³/mol. The molecule has 7 heteroatoms. The summed E-state index contributed by atoms with van der Waals surface area (Å²) < 4.78 is 80.6. The Bertz CT molecular complexity index is 1240. The molecule has 0 radical (unpaired) electrons. The van der Waals surface area contributed by atoms with E-state index in [0.717, 1.165) is 37.8 Å². The molecule has 38 heavy (non-hydrogen) atoms. The van der Waals surface area contributed by atoms with Gasteiger partial charge in [-0.3, -0.25) is 0 Å². The largest absolute Gasteiger partial charge is 0.453 e. The molecule has 0 amide bonds. The number of hydrogen-bond donors (Lipinski definition) is 0. The standard InChI is InChI=1S/C31H33F5O2/c1-3-4-5-8-20-11-13-21(14-12-20)28-25(33)17-19(2)30(29(28)34)37-26-10-7-6-9-23(26)22-15-16-27(24(32)18-22)38-31(35)36/h6-7,9-10,15-18,20-21,31H,3-5,8,11-14H2,1-2H3. The third-order valence-electron chi connectivity index (χ3n) is 7.42. The second kappa shape index (κ2) is 12.6. The molecule has 1 aliphatic rings. The molecule has 0 spiro atoms. The zero-order valence-electron chi connectivity index (χ0n) is 21.7. The quantitative estimate of drug-likeness (QED) is 0.191. The van der Waals surface area contributed by atoms with E-state index in [1.54, 1.807) is 31.2 Å². The van der Waals surface area contributed by atoms with Crippen molar-refractivity contribution in [1.29, 1.82) is 0 Å². The van der Waals surface area contributed by atoms with Gasteiger partial charge in [0.2, 0.25) is 0 Å². The van der Waals surface area contributed by atoms with Crippen LogP contribution < -0.4 is 9.47 Å². The monoisotopic (exact) mass is 532 g/mol. The number of hydrogen-bond acceptors (Lipinski definition) is 2. The molecule has 0 saturated heterocycles. The summed E-state index contributed by atoms with van der Waals surface area (Å²) in [5.74, 6) is -2.26. The molecular formula is C31H33F5O2. The Morgan fingerprint density at radius 3 is 2.29 bits per heavy atom. The van der Waals surface area contributed by atoms with Crippen LogP contribution in [0, 0.1) is 30.3 Å². The molecular weight excluding hydrogens is 499 g/mol. The highest BCUT2D eigenvalue weighted by Gasteiger charge is 2.29. The minimum Gasteiger partial charge on any atom is -0.453 e. The molecule has 0 aliphatic heterocycles. The van der Waals surface area contributed by atoms with Crippen LogP contribution in [0.3, 0.4) is 0 Å². The summed E-state index contributed by atoms with van der Waals surface area (Å²) in [5.41, 5.74) is 1.13. The van der Waals surface area contributed by atoms with Gasteiger partial charge in [0.1, 0.15) is 11.6 Å². The fraction of sp³-hybridized carbons (Fsp3) is 0.419. The average molecular weight is 533 g/mol. The van der Waals surface area contributed by atoms with Crippen LogP contribution in [-0.4, -0.2) is 6.61 Å². The van der Waals surface area contributed by atoms with Crippen LogP contribution in [0.25, 0.3) is 11.1 Å². The number of unbranched alkanes of at least 4 members (excludes halogenated alkanes) is 2. The van der Waals surface area contributed by atoms with Gasteiger partial charge < -0.3 is 9.47 Å². The molecule has 2 nitrogen and oxygen atoms in total. The number of rotatable bonds is 10. The highest BCUT2D eigenvalue weighted by atomic mass is 19.3. The van der Waals surface area contributed by atoms with Gasteiger partial charge in [-0.1, -0.05) is 56.9 Å². The van der Waals surface area contributed by atoms with Crippen molar-refractivity contribution in [2.75, 3.05) is 0 Å². The van der Waals surface area contributed by atoms with Gasteiger partial charge in [0.15, 0.2) is 23.1 Å². The fourth-order valence-electron chi connectivity index (χ4n) is 5.42. The Labute approximate surface area is 220 Å². The van der Waals surface area contributed by atoms with Gasteiger partial charge in [-0.15, -0.1) is 0 Å². The van der Waals surface area contributed by atoms with Gasteiger partial charge in [-0.25, -0.2) is 13.2 Å². The van der Waals surface area contributed by atoms with Crippen molar-refractivity contribution >= 4 is 0 Å². The van der Waals surface area contributed by atoms with Gasteiger partial charge in [-0.2, -0.15) is 8.78 Å². The normalized spacial score (nSPS) is 17.6. The van der Waals surface area contributed by atoms with Gasteiger partial charge in [0, 0.05) is 11.1 Å². The van der Waals surface area contributed by atoms with Crippen LogP contribution in [0.4, 0.5) is 22.0 Å². The molecule has 0 unspecified atom stereocenters. The van der Waals surface area contributed by atoms with Crippen molar-refractivity contribution in [1.82, 2.24) is 0 Å². The van der Waals surface area contributed by atoms with Crippen LogP contribution >= 0.6 is 0 Å². The van der Waals surface area contributed by atoms with E-state index >= 15 is 8.78 Å². The maximum Gasteiger partial charge on any atom is 0.387 e. The van der Waals surface area contributed by atoms with E-state index in [1.807, 2.05) is 0 Å². The van der Waals surface area contributed by atoms with E-state index < -0.39 is 29.8 Å². The van der Waals surface area contributed by atoms with Crippen molar-refractivity contribution in [2.45, 2.75) is 77.7 Å². The summed E-state index contributed by atoms with van der Waals surface area (Å²) in [6.45, 7) is 0.604. The summed E-state index contributed by atoms with van der Waals surface area (Å²) in [7, 11) is 0. The zero-order valence-corrected chi connectivity index (χ0v) is 21.7. The van der Waals surface area contributed by atoms with Crippen molar-refractivity contribution < 1.29 is 31.4 Å². The first-order valence-electron chi connectivity index (χ1n) is 13.3. The topological polar surface area (TPSA) is 18.5 Å². The molecule has 204 valence electrons. The molecule has 0 heterocycles. The first-order chi connectivity index (χ1) is 18.3. The lowest BCUT2D eigenvalue weighted by molar-refractivity contribution is -0.0521. The third-order valence-corrected chi connectivity index (χ3v) is 7.42. The van der Waals surface area contributed by atoms with Crippen LogP contribution in [0.2, 0.25) is 0 Å². The smallest absolute Gasteiger partial charge is 0.387 e. The average Bonchev–Trinajstić information content (AvgIpc) is 2.89. The molecule has 0 N–H and O–H groups in total. The maximum atomic E-state index is 15.9. The number of benzene rings is 3. The molecule has 4 rings (SSSR count). The molecule has 3 aromatic carbocycles. The van der Waals surface area contributed by atoms with E-state index in [9.17, 15) is 13.2 Å². The number of alkyl halides is 2. The van der Waals surface area contributed by atoms with E-state index in [0.29, 0.717) is 22.6 Å². The Morgan fingerprint density at radius 2 is 1.61 bits per heavy atom. The lowest BCUT2D eigenvalue weighted by Gasteiger charge is -2.30. The van der Waals surface area contributed by atoms with Gasteiger partial charge in [-0.05, 0) is 79.8 Å². The Morgan fingerprint density at radius 1 is 0.868 bits per heavy atom. The number of aryl methyl sites for hydroxylation is 1. The Kier molecular flexibility index (Phi) is 9.29. The maximum absolute atomic E-state index is 15.9. The number of halogens is 5. The molecule has 1 fully saturated rings. The lowest BCUT2D eigenvalue weighted by Crippen LogP contribution is -2.16. The molecule has 0 bridgehead atoms. The first-order valence-corrected chi connectivity index (χ1v) is 13.3. The van der Waals surface area contributed by atoms with Crippen molar-refractivity contribution in [3.63, 3.8) is 0 Å². The molecule has 3 aromatic rings. The Hall–Kier alpha value is -3.09. The zero-order chi connectivity index (χ0) is 27.2. The van der Waals surface area contributed by atoms with Crippen molar-refractivity contribution in [3.05, 3.63) is 77.1 Å². The number of ether oxygens (including phenoxy) is 2. The summed E-state index contributed by atoms with van der Waals surface area (Å²) in [6, 6.07) is 11.5. The first kappa shape index (κ1) is 27.9. The van der Waals surface area contributed by atoms with Gasteiger partial charge in [0.25, 0.3) is 0 Å². The van der Waals surface area contributed by atoms with E-state index in [4.69, 9.17) is 4.74 Å². The van der Waals surface area contributed by atoms with Crippen LogP contribution in [-0.2, 0) is 0 Å². The van der Waals surface area contributed by atoms with Crippen LogP contribution in [0.15, 0.2) is 48.5 Å². The second-order valence-electron chi connectivity index (χ2n) is 10.1. The molecule has 0 aromatic heterocycles. The summed E-state index contributed by atoms with van der Waals surface area (Å²) in [4.78, 5) is 0. The van der Waals surface area contributed by atoms with Gasteiger partial charge >= 0.3 is 6.61 Å². The van der Waals surface area contributed by atoms with Crippen LogP contribution in [0.1, 0.15) is 75.3 Å². The summed E-state index contributed by atoms with van der Waals surface area (Å²) in [5, 5.41) is 0. The summed E-state index contributed by atoms with van der Waals surface area (Å²) in [6.07, 6.45) is 8.13. The van der Waals surface area contributed by atoms with E-state index in [2.05, 4.69) is 11.7 Å². The van der Waals surface area contributed by atoms with Crippen LogP contribution in [0.5, 0.6) is 17.2 Å². The third kappa shape index (κ3) is 6.48. The molecule has 0 atom stereocenters. The number of para-hydroxylation sites is 1. The summed E-state index contributed by atoms with van der Waals surface area (Å²) >= 11 is 0. The molecule has 1 saturated carbocycles. The molecule has 1 aliphatic carbocycles.